The molecule has 0 saturated carbocycles. The van der Waals surface area contributed by atoms with Crippen LogP contribution in [0.3, 0.4) is 0 Å². The smallest absolute Gasteiger partial charge is 0.328 e. The van der Waals surface area contributed by atoms with Crippen molar-refractivity contribution in [2.24, 2.45) is 23.7 Å². The van der Waals surface area contributed by atoms with Gasteiger partial charge in [0, 0.05) is 33.3 Å². The van der Waals surface area contributed by atoms with Gasteiger partial charge < -0.3 is 27.3 Å². The van der Waals surface area contributed by atoms with E-state index in [-0.39, 0.29) is 23.1 Å². The number of rotatable bonds is 26. The van der Waals surface area contributed by atoms with Gasteiger partial charge in [0.1, 0.15) is 34.2 Å². The van der Waals surface area contributed by atoms with Crippen molar-refractivity contribution in [1.29, 1.82) is 5.26 Å². The van der Waals surface area contributed by atoms with E-state index in [0.29, 0.717) is 92.1 Å². The fourth-order valence-electron chi connectivity index (χ4n) is 13.1. The van der Waals surface area contributed by atoms with E-state index >= 15 is 0 Å². The maximum absolute atomic E-state index is 12.5. The summed E-state index contributed by atoms with van der Waals surface area (Å²) in [6.07, 6.45) is 8.83. The highest BCUT2D eigenvalue weighted by molar-refractivity contribution is 6.85. The summed E-state index contributed by atoms with van der Waals surface area (Å²) in [5.41, 5.74) is 9.51. The molecule has 12 heteroatoms. The summed E-state index contributed by atoms with van der Waals surface area (Å²) in [5, 5.41) is 14.9. The van der Waals surface area contributed by atoms with E-state index in [1.54, 1.807) is 0 Å². The van der Waals surface area contributed by atoms with Crippen molar-refractivity contribution in [2.45, 2.75) is 92.9 Å². The topological polar surface area (TPSA) is 109 Å². The third kappa shape index (κ3) is 13.5. The van der Waals surface area contributed by atoms with Gasteiger partial charge in [-0.1, -0.05) is 272 Å². The van der Waals surface area contributed by atoms with E-state index in [1.807, 2.05) is 84.9 Å². The molecule has 0 amide bonds. The highest BCUT2D eigenvalue weighted by Gasteiger charge is 2.38. The normalized spacial score (nSPS) is 12.9. The molecule has 0 aliphatic carbocycles. The Morgan fingerprint density at radius 2 is 0.870 bits per heavy atom. The van der Waals surface area contributed by atoms with Crippen molar-refractivity contribution in [1.82, 2.24) is 18.9 Å². The Morgan fingerprint density at radius 3 is 1.28 bits per heavy atom. The quantitative estimate of drug-likeness (QED) is 0.0392. The van der Waals surface area contributed by atoms with Crippen LogP contribution in [0.5, 0.6) is 11.5 Å². The van der Waals surface area contributed by atoms with Crippen molar-refractivity contribution in [3.05, 3.63) is 252 Å². The number of fused-ring (bicyclic) bond motifs is 3. The largest absolute Gasteiger partial charge is 0.494 e. The van der Waals surface area contributed by atoms with Crippen LogP contribution in [0.2, 0.25) is 0 Å². The van der Waals surface area contributed by atoms with Crippen LogP contribution in [-0.4, -0.2) is 45.8 Å². The van der Waals surface area contributed by atoms with Gasteiger partial charge in [-0.2, -0.15) is 5.26 Å². The maximum Gasteiger partial charge on any atom is 0.328 e. The summed E-state index contributed by atoms with van der Waals surface area (Å²) < 4.78 is 32.1. The monoisotopic (exact) mass is 1210 g/mol. The van der Waals surface area contributed by atoms with E-state index < -0.39 is 13.7 Å². The number of aromatic nitrogens is 4. The van der Waals surface area contributed by atoms with Crippen LogP contribution in [0.4, 0.5) is 0 Å². The van der Waals surface area contributed by atoms with E-state index in [4.69, 9.17) is 28.3 Å². The van der Waals surface area contributed by atoms with Crippen LogP contribution >= 0.6 is 0 Å². The fourth-order valence-corrected chi connectivity index (χ4v) is 13.1. The highest BCUT2D eigenvalue weighted by atomic mass is 16.5. The third-order valence-corrected chi connectivity index (χ3v) is 17.8. The molecule has 4 heterocycles. The van der Waals surface area contributed by atoms with Crippen molar-refractivity contribution in [3.63, 3.8) is 0 Å². The van der Waals surface area contributed by atoms with Crippen LogP contribution in [0, 0.1) is 41.6 Å². The summed E-state index contributed by atoms with van der Waals surface area (Å²) in [7, 11) is 0. The third-order valence-electron chi connectivity index (χ3n) is 17.8. The lowest BCUT2D eigenvalue weighted by atomic mass is 9.50. The van der Waals surface area contributed by atoms with Gasteiger partial charge in [0.15, 0.2) is 11.2 Å². The van der Waals surface area contributed by atoms with E-state index in [2.05, 4.69) is 195 Å². The first-order chi connectivity index (χ1) is 45.1. The standard InChI is InChI=1S/C80H78B2N6O4/c1-55(2)28-24-30-57(5)48-50-89-65-42-26-32-59(52-65)75-72-73(78(74(84-7)80-86-69-45-21-23-47-71(69)92-80)88(75)82(63-38-16-10-17-39-63)64-40-18-11-19-41-64)76(60-33-27-43-66(53-60)90-51-49-58(6)31-25-29-56(3)4)87(81(61-34-12-8-13-35-61)62-36-14-9-15-37-62)77(72)67(54-83)79-85-68-44-20-22-46-70(68)91-79/h8-23,26-27,32-47,52-53,55-58H,24-25,28-31,48-51H2,1-6H3/b77-67-,78-74+. The summed E-state index contributed by atoms with van der Waals surface area (Å²) in [5.74, 6) is 3.96. The molecular weight excluding hydrogens is 1130 g/mol. The first-order valence-electron chi connectivity index (χ1n) is 32.8. The average Bonchev–Trinajstić information content (AvgIpc) is 1.52. The minimum atomic E-state index is -0.607. The SMILES string of the molecule is [C-]#[N+]/C(c1nc2ccccc2o1)=c1\c2c(-c3cccc(OCCC(C)CCCC(C)C)c3)n(B(c3ccccc3)c3ccccc3)/c(=C(/C#N)c3nc4ccccc4o3)c2c(-c2cccc(OCCC(C)CCCC(C)C)c2)n1B(c1ccccc1)c1ccccc1. The zero-order valence-corrected chi connectivity index (χ0v) is 53.6. The zero-order valence-electron chi connectivity index (χ0n) is 53.6. The van der Waals surface area contributed by atoms with Crippen LogP contribution in [-0.2, 0) is 0 Å². The van der Waals surface area contributed by atoms with Gasteiger partial charge >= 0.3 is 13.7 Å². The Balaban J connectivity index is 1.29. The molecule has 4 aromatic heterocycles. The Morgan fingerprint density at radius 1 is 0.478 bits per heavy atom. The first kappa shape index (κ1) is 62.2. The van der Waals surface area contributed by atoms with Crippen molar-refractivity contribution in [2.75, 3.05) is 13.2 Å². The lowest BCUT2D eigenvalue weighted by Crippen LogP contribution is -2.54. The van der Waals surface area contributed by atoms with Gasteiger partial charge in [-0.3, -0.25) is 0 Å². The molecular formula is C80H78B2N6O4. The second-order valence-corrected chi connectivity index (χ2v) is 25.4. The fraction of sp³-hybridized carbons (Fsp3) is 0.250. The van der Waals surface area contributed by atoms with Gasteiger partial charge in [0.2, 0.25) is 11.8 Å². The molecule has 2 unspecified atom stereocenters. The summed E-state index contributed by atoms with van der Waals surface area (Å²) in [6.45, 7) is 23.3. The number of oxazole rings is 2. The predicted octanol–water partition coefficient (Wildman–Crippen LogP) is 15.6. The van der Waals surface area contributed by atoms with Gasteiger partial charge in [-0.05, 0) is 85.0 Å². The average molecular weight is 1210 g/mol. The molecule has 0 aliphatic heterocycles. The van der Waals surface area contributed by atoms with Gasteiger partial charge in [0.25, 0.3) is 5.70 Å². The second kappa shape index (κ2) is 28.9. The van der Waals surface area contributed by atoms with Crippen LogP contribution < -0.4 is 42.0 Å². The number of nitrogens with zero attached hydrogens (tertiary/aromatic N) is 6. The number of hydrogen-bond acceptors (Lipinski definition) is 7. The molecule has 0 radical (unpaired) electrons. The molecule has 12 aromatic rings. The maximum atomic E-state index is 12.5. The molecule has 0 spiro atoms. The molecule has 0 N–H and O–H groups in total. The Bertz CT molecular complexity index is 4250. The van der Waals surface area contributed by atoms with Crippen molar-refractivity contribution >= 4 is 79.8 Å². The molecule has 92 heavy (non-hydrogen) atoms. The Hall–Kier alpha value is -10.0. The van der Waals surface area contributed by atoms with E-state index in [9.17, 15) is 11.8 Å². The lowest BCUT2D eigenvalue weighted by Gasteiger charge is -2.24. The van der Waals surface area contributed by atoms with Crippen molar-refractivity contribution < 1.29 is 18.3 Å². The Kier molecular flexibility index (Phi) is 19.5. The van der Waals surface area contributed by atoms with Crippen LogP contribution in [0.1, 0.15) is 105 Å². The molecule has 458 valence electrons. The Labute approximate surface area is 541 Å². The second-order valence-electron chi connectivity index (χ2n) is 25.4. The minimum absolute atomic E-state index is 0.149. The van der Waals surface area contributed by atoms with E-state index in [0.717, 1.165) is 70.0 Å². The molecule has 10 nitrogen and oxygen atoms in total. The van der Waals surface area contributed by atoms with Gasteiger partial charge in [-0.15, -0.1) is 0 Å². The van der Waals surface area contributed by atoms with Crippen LogP contribution in [0.25, 0.3) is 71.6 Å². The lowest BCUT2D eigenvalue weighted by molar-refractivity contribution is 0.275. The summed E-state index contributed by atoms with van der Waals surface area (Å²) in [4.78, 5) is 15.0. The molecule has 12 rings (SSSR count). The number of hydrogen-bond donors (Lipinski definition) is 0. The van der Waals surface area contributed by atoms with Crippen molar-refractivity contribution in [3.8, 4) is 40.1 Å². The molecule has 0 aliphatic rings. The number of nitriles is 1. The summed E-state index contributed by atoms with van der Waals surface area (Å²) >= 11 is 0. The van der Waals surface area contributed by atoms with Gasteiger partial charge in [0.05, 0.1) is 30.5 Å². The zero-order chi connectivity index (χ0) is 63.5. The number of para-hydroxylation sites is 4. The number of benzene rings is 8. The molecule has 0 bridgehead atoms. The summed E-state index contributed by atoms with van der Waals surface area (Å²) in [6, 6.07) is 76.5. The molecule has 2 atom stereocenters. The molecule has 0 saturated heterocycles. The first-order valence-corrected chi connectivity index (χ1v) is 32.8. The molecule has 8 aromatic carbocycles. The van der Waals surface area contributed by atoms with E-state index in [1.165, 1.54) is 25.7 Å². The highest BCUT2D eigenvalue weighted by Crippen LogP contribution is 2.39. The number of ether oxygens (including phenoxy) is 2. The predicted molar refractivity (Wildman–Crippen MR) is 378 cm³/mol. The van der Waals surface area contributed by atoms with Gasteiger partial charge in [-0.25, -0.2) is 14.8 Å². The van der Waals surface area contributed by atoms with Crippen LogP contribution in [0.15, 0.2) is 227 Å². The molecule has 0 fully saturated rings. The minimum Gasteiger partial charge on any atom is -0.494 e.